The van der Waals surface area contributed by atoms with Gasteiger partial charge in [0, 0.05) is 37.7 Å². The topological polar surface area (TPSA) is 15.3 Å². The Morgan fingerprint density at radius 1 is 1.04 bits per heavy atom. The molecule has 144 valence electrons. The highest BCUT2D eigenvalue weighted by molar-refractivity contribution is 5.82. The first-order valence-electron chi connectivity index (χ1n) is 10.5. The van der Waals surface area contributed by atoms with Crippen molar-refractivity contribution in [1.29, 1.82) is 0 Å². The van der Waals surface area contributed by atoms with Crippen molar-refractivity contribution in [1.82, 2.24) is 4.90 Å². The Hall–Kier alpha value is -2.22. The van der Waals surface area contributed by atoms with Gasteiger partial charge in [-0.1, -0.05) is 69.0 Å². The van der Waals surface area contributed by atoms with Crippen molar-refractivity contribution in [3.63, 3.8) is 0 Å². The third kappa shape index (κ3) is 5.15. The van der Waals surface area contributed by atoms with Gasteiger partial charge in [-0.25, -0.2) is 0 Å². The molecule has 0 unspecified atom stereocenters. The van der Waals surface area contributed by atoms with E-state index >= 15 is 0 Å². The fraction of sp³-hybridized carbons (Fsp3) is 0.440. The Morgan fingerprint density at radius 3 is 2.44 bits per heavy atom. The van der Waals surface area contributed by atoms with E-state index in [0.29, 0.717) is 0 Å². The molecule has 2 aromatic carbocycles. The van der Waals surface area contributed by atoms with Gasteiger partial charge in [-0.2, -0.15) is 0 Å². The van der Waals surface area contributed by atoms with Crippen LogP contribution in [0.4, 0.5) is 5.69 Å². The van der Waals surface area contributed by atoms with Gasteiger partial charge in [-0.05, 0) is 47.9 Å². The van der Waals surface area contributed by atoms with Gasteiger partial charge in [0.05, 0.1) is 0 Å². The SMILES string of the molecule is CCCc1cc(C2CCCCC2)cc(-c2ccccc2)c1N/C=C\N(C)C. The van der Waals surface area contributed by atoms with Gasteiger partial charge in [-0.3, -0.25) is 0 Å². The molecule has 1 aliphatic rings. The minimum atomic E-state index is 0.725. The van der Waals surface area contributed by atoms with Crippen LogP contribution in [0.15, 0.2) is 54.9 Å². The fourth-order valence-corrected chi connectivity index (χ4v) is 4.15. The van der Waals surface area contributed by atoms with E-state index in [1.807, 2.05) is 0 Å². The molecule has 0 bridgehead atoms. The van der Waals surface area contributed by atoms with E-state index in [0.717, 1.165) is 18.8 Å². The average molecular weight is 363 g/mol. The average Bonchev–Trinajstić information content (AvgIpc) is 2.70. The molecule has 1 N–H and O–H groups in total. The van der Waals surface area contributed by atoms with E-state index in [4.69, 9.17) is 0 Å². The number of hydrogen-bond acceptors (Lipinski definition) is 2. The van der Waals surface area contributed by atoms with Crippen LogP contribution >= 0.6 is 0 Å². The van der Waals surface area contributed by atoms with E-state index in [1.165, 1.54) is 54.5 Å². The highest BCUT2D eigenvalue weighted by Gasteiger charge is 2.19. The lowest BCUT2D eigenvalue weighted by Crippen LogP contribution is -2.08. The van der Waals surface area contributed by atoms with Crippen LogP contribution in [0.1, 0.15) is 62.5 Å². The van der Waals surface area contributed by atoms with Crippen LogP contribution in [-0.2, 0) is 6.42 Å². The lowest BCUT2D eigenvalue weighted by molar-refractivity contribution is 0.443. The van der Waals surface area contributed by atoms with E-state index < -0.39 is 0 Å². The zero-order valence-electron chi connectivity index (χ0n) is 17.2. The first kappa shape index (κ1) is 19.5. The number of hydrogen-bond donors (Lipinski definition) is 1. The van der Waals surface area contributed by atoms with Crippen molar-refractivity contribution in [2.45, 2.75) is 57.8 Å². The zero-order valence-corrected chi connectivity index (χ0v) is 17.2. The van der Waals surface area contributed by atoms with Crippen LogP contribution in [0.5, 0.6) is 0 Å². The number of rotatable bonds is 7. The van der Waals surface area contributed by atoms with Gasteiger partial charge in [0.2, 0.25) is 0 Å². The van der Waals surface area contributed by atoms with Crippen LogP contribution in [0.2, 0.25) is 0 Å². The number of nitrogens with one attached hydrogen (secondary N) is 1. The monoisotopic (exact) mass is 362 g/mol. The van der Waals surface area contributed by atoms with Crippen molar-refractivity contribution in [3.8, 4) is 11.1 Å². The van der Waals surface area contributed by atoms with Crippen molar-refractivity contribution < 1.29 is 0 Å². The van der Waals surface area contributed by atoms with Gasteiger partial charge in [-0.15, -0.1) is 0 Å². The van der Waals surface area contributed by atoms with Crippen LogP contribution in [0, 0.1) is 0 Å². The molecule has 1 fully saturated rings. The maximum atomic E-state index is 3.60. The van der Waals surface area contributed by atoms with Crippen molar-refractivity contribution in [3.05, 3.63) is 66.0 Å². The standard InChI is InChI=1S/C25H34N2/c1-4-11-22-18-23(20-12-7-5-8-13-20)19-24(21-14-9-6-10-15-21)25(22)26-16-17-27(2)3/h6,9-10,14-20,26H,4-5,7-8,11-13H2,1-3H3/b17-16-. The Bertz CT molecular complexity index is 740. The Kier molecular flexibility index (Phi) is 6.98. The summed E-state index contributed by atoms with van der Waals surface area (Å²) in [6.07, 6.45) is 13.2. The second kappa shape index (κ2) is 9.64. The summed E-state index contributed by atoms with van der Waals surface area (Å²) in [5, 5.41) is 3.60. The molecule has 1 saturated carbocycles. The van der Waals surface area contributed by atoms with E-state index in [-0.39, 0.29) is 0 Å². The molecule has 0 aliphatic heterocycles. The molecule has 2 aromatic rings. The molecule has 0 heterocycles. The number of benzene rings is 2. The Labute approximate surface area is 165 Å². The van der Waals surface area contributed by atoms with E-state index in [1.54, 1.807) is 5.56 Å². The summed E-state index contributed by atoms with van der Waals surface area (Å²) in [4.78, 5) is 2.06. The Morgan fingerprint density at radius 2 is 1.78 bits per heavy atom. The van der Waals surface area contributed by atoms with Crippen molar-refractivity contribution in [2.75, 3.05) is 19.4 Å². The zero-order chi connectivity index (χ0) is 19.1. The molecule has 0 atom stereocenters. The maximum Gasteiger partial charge on any atom is 0.0492 e. The van der Waals surface area contributed by atoms with Crippen molar-refractivity contribution >= 4 is 5.69 Å². The molecular weight excluding hydrogens is 328 g/mol. The summed E-state index contributed by atoms with van der Waals surface area (Å²) < 4.78 is 0. The van der Waals surface area contributed by atoms with E-state index in [2.05, 4.69) is 86.1 Å². The lowest BCUT2D eigenvalue weighted by Gasteiger charge is -2.25. The maximum absolute atomic E-state index is 3.60. The molecule has 3 rings (SSSR count). The summed E-state index contributed by atoms with van der Waals surface area (Å²) in [7, 11) is 4.10. The fourth-order valence-electron chi connectivity index (χ4n) is 4.15. The smallest absolute Gasteiger partial charge is 0.0492 e. The number of anilines is 1. The number of nitrogens with zero attached hydrogens (tertiary/aromatic N) is 1. The molecule has 0 radical (unpaired) electrons. The van der Waals surface area contributed by atoms with Gasteiger partial charge in [0.25, 0.3) is 0 Å². The molecule has 0 saturated heterocycles. The molecule has 2 nitrogen and oxygen atoms in total. The first-order chi connectivity index (χ1) is 13.2. The Balaban J connectivity index is 2.07. The predicted octanol–water partition coefficient (Wildman–Crippen LogP) is 6.80. The highest BCUT2D eigenvalue weighted by atomic mass is 15.0. The summed E-state index contributed by atoms with van der Waals surface area (Å²) in [6, 6.07) is 15.8. The molecule has 1 aliphatic carbocycles. The highest BCUT2D eigenvalue weighted by Crippen LogP contribution is 2.39. The van der Waals surface area contributed by atoms with Crippen LogP contribution in [-0.4, -0.2) is 19.0 Å². The van der Waals surface area contributed by atoms with Gasteiger partial charge >= 0.3 is 0 Å². The number of aryl methyl sites for hydroxylation is 1. The second-order valence-corrected chi connectivity index (χ2v) is 7.98. The van der Waals surface area contributed by atoms with Gasteiger partial charge in [0.1, 0.15) is 0 Å². The summed E-state index contributed by atoms with van der Waals surface area (Å²) in [6.45, 7) is 2.27. The van der Waals surface area contributed by atoms with Crippen molar-refractivity contribution in [2.24, 2.45) is 0 Å². The first-order valence-corrected chi connectivity index (χ1v) is 10.5. The van der Waals surface area contributed by atoms with Crippen LogP contribution in [0.3, 0.4) is 0 Å². The summed E-state index contributed by atoms with van der Waals surface area (Å²) >= 11 is 0. The summed E-state index contributed by atoms with van der Waals surface area (Å²) in [5.74, 6) is 0.725. The lowest BCUT2D eigenvalue weighted by atomic mass is 9.81. The van der Waals surface area contributed by atoms with Crippen LogP contribution in [0.25, 0.3) is 11.1 Å². The van der Waals surface area contributed by atoms with Gasteiger partial charge in [0.15, 0.2) is 0 Å². The third-order valence-corrected chi connectivity index (χ3v) is 5.52. The second-order valence-electron chi connectivity index (χ2n) is 7.98. The molecule has 0 amide bonds. The molecule has 0 aromatic heterocycles. The van der Waals surface area contributed by atoms with E-state index in [9.17, 15) is 0 Å². The minimum Gasteiger partial charge on any atom is -0.382 e. The summed E-state index contributed by atoms with van der Waals surface area (Å²) in [5.41, 5.74) is 6.89. The molecular formula is C25H34N2. The molecule has 2 heteroatoms. The van der Waals surface area contributed by atoms with Gasteiger partial charge < -0.3 is 10.2 Å². The minimum absolute atomic E-state index is 0.725. The normalized spacial score (nSPS) is 15.2. The largest absolute Gasteiger partial charge is 0.382 e. The quantitative estimate of drug-likeness (QED) is 0.583. The van der Waals surface area contributed by atoms with Crippen LogP contribution < -0.4 is 5.32 Å². The molecule has 0 spiro atoms. The molecule has 27 heavy (non-hydrogen) atoms. The predicted molar refractivity (Wildman–Crippen MR) is 118 cm³/mol. The third-order valence-electron chi connectivity index (χ3n) is 5.52.